The predicted molar refractivity (Wildman–Crippen MR) is 92.6 cm³/mol. The molecule has 4 saturated carbocycles. The van der Waals surface area contributed by atoms with E-state index in [4.69, 9.17) is 4.74 Å². The maximum atomic E-state index is 12.3. The zero-order valence-electron chi connectivity index (χ0n) is 15.0. The molecule has 25 heavy (non-hydrogen) atoms. The Labute approximate surface area is 148 Å². The number of hydrogen-bond acceptors (Lipinski definition) is 4. The van der Waals surface area contributed by atoms with Crippen LogP contribution in [0.25, 0.3) is 0 Å². The van der Waals surface area contributed by atoms with Gasteiger partial charge in [0.05, 0.1) is 0 Å². The molecule has 4 fully saturated rings. The summed E-state index contributed by atoms with van der Waals surface area (Å²) in [6.07, 6.45) is 9.59. The molecule has 4 bridgehead atoms. The molecule has 0 aromatic heterocycles. The van der Waals surface area contributed by atoms with Crippen LogP contribution in [0.4, 0.5) is 4.79 Å². The Morgan fingerprint density at radius 1 is 1.12 bits per heavy atom. The number of ether oxygens (including phenoxy) is 1. The van der Waals surface area contributed by atoms with Gasteiger partial charge in [0.15, 0.2) is 6.10 Å². The summed E-state index contributed by atoms with van der Waals surface area (Å²) < 4.78 is 4.99. The predicted octanol–water partition coefficient (Wildman–Crippen LogP) is 2.68. The van der Waals surface area contributed by atoms with Gasteiger partial charge in [0, 0.05) is 11.6 Å². The SMILES string of the molecule is CC/C=C/C(=O)O[C@H](C)C(=O)NC(=O)NC12CC3CC(CC(C3)C1)C2. The Kier molecular flexibility index (Phi) is 5.16. The van der Waals surface area contributed by atoms with Gasteiger partial charge >= 0.3 is 12.0 Å². The highest BCUT2D eigenvalue weighted by Crippen LogP contribution is 2.55. The number of carbonyl (C=O) groups is 3. The summed E-state index contributed by atoms with van der Waals surface area (Å²) in [6.45, 7) is 3.36. The summed E-state index contributed by atoms with van der Waals surface area (Å²) in [5, 5.41) is 5.40. The number of nitrogens with one attached hydrogen (secondary N) is 2. The van der Waals surface area contributed by atoms with Gasteiger partial charge in [-0.2, -0.15) is 0 Å². The topological polar surface area (TPSA) is 84.5 Å². The Morgan fingerprint density at radius 2 is 1.68 bits per heavy atom. The fraction of sp³-hybridized carbons (Fsp3) is 0.737. The minimum Gasteiger partial charge on any atom is -0.449 e. The van der Waals surface area contributed by atoms with Gasteiger partial charge in [-0.25, -0.2) is 9.59 Å². The van der Waals surface area contributed by atoms with Crippen molar-refractivity contribution in [2.75, 3.05) is 0 Å². The van der Waals surface area contributed by atoms with E-state index >= 15 is 0 Å². The molecule has 0 saturated heterocycles. The lowest BCUT2D eigenvalue weighted by Gasteiger charge is -2.56. The van der Waals surface area contributed by atoms with Crippen molar-refractivity contribution in [2.45, 2.75) is 70.4 Å². The van der Waals surface area contributed by atoms with Gasteiger partial charge in [0.25, 0.3) is 5.91 Å². The molecule has 4 aliphatic carbocycles. The largest absolute Gasteiger partial charge is 0.449 e. The van der Waals surface area contributed by atoms with Crippen molar-refractivity contribution in [1.29, 1.82) is 0 Å². The van der Waals surface area contributed by atoms with Crippen LogP contribution < -0.4 is 10.6 Å². The minimum atomic E-state index is -1.00. The molecule has 138 valence electrons. The van der Waals surface area contributed by atoms with Crippen molar-refractivity contribution in [2.24, 2.45) is 17.8 Å². The van der Waals surface area contributed by atoms with Crippen LogP contribution in [0.3, 0.4) is 0 Å². The molecule has 2 N–H and O–H groups in total. The average molecular weight is 348 g/mol. The van der Waals surface area contributed by atoms with E-state index in [0.29, 0.717) is 24.2 Å². The highest BCUT2D eigenvalue weighted by atomic mass is 16.5. The van der Waals surface area contributed by atoms with Gasteiger partial charge in [-0.1, -0.05) is 13.0 Å². The van der Waals surface area contributed by atoms with Gasteiger partial charge < -0.3 is 10.1 Å². The number of urea groups is 1. The Hall–Kier alpha value is -1.85. The first kappa shape index (κ1) is 18.0. The average Bonchev–Trinajstić information content (AvgIpc) is 2.50. The van der Waals surface area contributed by atoms with Crippen LogP contribution in [0.15, 0.2) is 12.2 Å². The number of amides is 3. The zero-order chi connectivity index (χ0) is 18.0. The van der Waals surface area contributed by atoms with Crippen LogP contribution in [0, 0.1) is 17.8 Å². The number of hydrogen-bond donors (Lipinski definition) is 2. The number of rotatable bonds is 5. The summed E-state index contributed by atoms with van der Waals surface area (Å²) in [5.74, 6) is 0.971. The van der Waals surface area contributed by atoms with Gasteiger partial charge in [0.2, 0.25) is 0 Å². The lowest BCUT2D eigenvalue weighted by molar-refractivity contribution is -0.149. The minimum absolute atomic E-state index is 0.150. The molecule has 3 amide bonds. The number of allylic oxidation sites excluding steroid dienone is 1. The molecular formula is C19H28N2O4. The van der Waals surface area contributed by atoms with E-state index in [1.54, 1.807) is 6.08 Å². The molecule has 6 heteroatoms. The van der Waals surface area contributed by atoms with E-state index in [2.05, 4.69) is 10.6 Å². The molecular weight excluding hydrogens is 320 g/mol. The molecule has 0 heterocycles. The van der Waals surface area contributed by atoms with Crippen molar-refractivity contribution < 1.29 is 19.1 Å². The quantitative estimate of drug-likeness (QED) is 0.591. The molecule has 4 aliphatic rings. The smallest absolute Gasteiger partial charge is 0.331 e. The fourth-order valence-electron chi connectivity index (χ4n) is 5.23. The highest BCUT2D eigenvalue weighted by molar-refractivity contribution is 5.97. The number of carbonyl (C=O) groups excluding carboxylic acids is 3. The van der Waals surface area contributed by atoms with Crippen molar-refractivity contribution in [3.63, 3.8) is 0 Å². The molecule has 0 spiro atoms. The summed E-state index contributed by atoms with van der Waals surface area (Å²) in [6, 6.07) is -0.473. The summed E-state index contributed by atoms with van der Waals surface area (Å²) >= 11 is 0. The van der Waals surface area contributed by atoms with Gasteiger partial charge in [-0.05, 0) is 69.6 Å². The normalized spacial score (nSPS) is 33.9. The van der Waals surface area contributed by atoms with Crippen LogP contribution in [-0.4, -0.2) is 29.6 Å². The van der Waals surface area contributed by atoms with E-state index in [9.17, 15) is 14.4 Å². The third kappa shape index (κ3) is 4.22. The molecule has 0 aliphatic heterocycles. The summed E-state index contributed by atoms with van der Waals surface area (Å²) in [4.78, 5) is 35.9. The van der Waals surface area contributed by atoms with E-state index in [1.807, 2.05) is 6.92 Å². The molecule has 0 unspecified atom stereocenters. The zero-order valence-corrected chi connectivity index (χ0v) is 15.0. The Morgan fingerprint density at radius 3 is 2.20 bits per heavy atom. The third-order valence-electron chi connectivity index (χ3n) is 5.81. The van der Waals surface area contributed by atoms with E-state index in [1.165, 1.54) is 32.3 Å². The Balaban J connectivity index is 1.50. The lowest BCUT2D eigenvalue weighted by atomic mass is 9.53. The third-order valence-corrected chi connectivity index (χ3v) is 5.81. The van der Waals surface area contributed by atoms with Crippen LogP contribution >= 0.6 is 0 Å². The second kappa shape index (κ2) is 7.18. The van der Waals surface area contributed by atoms with E-state index < -0.39 is 24.0 Å². The molecule has 0 aromatic carbocycles. The van der Waals surface area contributed by atoms with E-state index in [0.717, 1.165) is 19.3 Å². The van der Waals surface area contributed by atoms with Gasteiger partial charge in [-0.15, -0.1) is 0 Å². The first-order chi connectivity index (χ1) is 11.9. The van der Waals surface area contributed by atoms with Crippen LogP contribution in [-0.2, 0) is 14.3 Å². The first-order valence-electron chi connectivity index (χ1n) is 9.39. The summed E-state index contributed by atoms with van der Waals surface area (Å²) in [5.41, 5.74) is -0.150. The van der Waals surface area contributed by atoms with Crippen LogP contribution in [0.1, 0.15) is 58.8 Å². The fourth-order valence-corrected chi connectivity index (χ4v) is 5.23. The maximum Gasteiger partial charge on any atom is 0.331 e. The number of imide groups is 1. The molecule has 1 atom stereocenters. The van der Waals surface area contributed by atoms with E-state index in [-0.39, 0.29) is 5.54 Å². The lowest BCUT2D eigenvalue weighted by Crippen LogP contribution is -2.62. The van der Waals surface area contributed by atoms with Crippen molar-refractivity contribution in [1.82, 2.24) is 10.6 Å². The molecule has 4 rings (SSSR count). The molecule has 0 aromatic rings. The van der Waals surface area contributed by atoms with Crippen LogP contribution in [0.2, 0.25) is 0 Å². The Bertz CT molecular complexity index is 549. The van der Waals surface area contributed by atoms with Gasteiger partial charge in [-0.3, -0.25) is 10.1 Å². The second-order valence-electron chi connectivity index (χ2n) is 8.03. The number of esters is 1. The van der Waals surface area contributed by atoms with Crippen molar-refractivity contribution in [3.05, 3.63) is 12.2 Å². The van der Waals surface area contributed by atoms with Crippen molar-refractivity contribution in [3.8, 4) is 0 Å². The standard InChI is InChI=1S/C19H28N2O4/c1-3-4-5-16(22)25-12(2)17(23)20-18(24)21-19-9-13-6-14(10-19)8-15(7-13)11-19/h4-5,12-15H,3,6-11H2,1-2H3,(H2,20,21,23,24)/b5-4+/t12-,13?,14?,15?,19?/m1/s1. The molecule has 6 nitrogen and oxygen atoms in total. The maximum absolute atomic E-state index is 12.3. The molecule has 0 radical (unpaired) electrons. The highest BCUT2D eigenvalue weighted by Gasteiger charge is 2.51. The van der Waals surface area contributed by atoms with Gasteiger partial charge in [0.1, 0.15) is 0 Å². The second-order valence-corrected chi connectivity index (χ2v) is 8.03. The summed E-state index contributed by atoms with van der Waals surface area (Å²) in [7, 11) is 0. The van der Waals surface area contributed by atoms with Crippen LogP contribution in [0.5, 0.6) is 0 Å². The first-order valence-corrected chi connectivity index (χ1v) is 9.39. The van der Waals surface area contributed by atoms with Crippen molar-refractivity contribution >= 4 is 17.9 Å². The monoisotopic (exact) mass is 348 g/mol.